The first-order chi connectivity index (χ1) is 17.1. The number of nitrogens with two attached hydrogens (primary N) is 2. The van der Waals surface area contributed by atoms with Crippen molar-refractivity contribution in [3.05, 3.63) is 44.1 Å². The van der Waals surface area contributed by atoms with Crippen LogP contribution >= 0.6 is 23.2 Å². The van der Waals surface area contributed by atoms with Gasteiger partial charge in [-0.25, -0.2) is 9.97 Å². The number of piperidine rings is 1. The fourth-order valence-electron chi connectivity index (χ4n) is 5.20. The minimum absolute atomic E-state index is 0.0805. The van der Waals surface area contributed by atoms with E-state index in [0.29, 0.717) is 43.6 Å². The summed E-state index contributed by atoms with van der Waals surface area (Å²) in [5.41, 5.74) is 10.6. The molecule has 0 spiro atoms. The molecule has 4 heterocycles. The molecule has 2 aromatic heterocycles. The van der Waals surface area contributed by atoms with Gasteiger partial charge < -0.3 is 21.3 Å². The van der Waals surface area contributed by atoms with Gasteiger partial charge in [-0.15, -0.1) is 0 Å². The third kappa shape index (κ3) is 5.00. The Labute approximate surface area is 219 Å². The Kier molecular flexibility index (Phi) is 7.72. The molecule has 2 fully saturated rings. The molecule has 2 aromatic rings. The Hall–Kier alpha value is -2.89. The SMILES string of the molecule is CC[C@H]1CN(c2c(Cl)nc(C(N)=O)c(=O)n2C)CCN1C1CCN(C(=O)c2ccc(Cl)nc2N)CC1. The second-order valence-corrected chi connectivity index (χ2v) is 9.88. The Morgan fingerprint density at radius 1 is 1.11 bits per heavy atom. The number of carbonyl (C=O) groups excluding carboxylic acids is 2. The number of anilines is 2. The number of hydrogen-bond donors (Lipinski definition) is 2. The van der Waals surface area contributed by atoms with Gasteiger partial charge in [-0.3, -0.25) is 23.9 Å². The molecular weight excluding hydrogens is 507 g/mol. The Balaban J connectivity index is 1.43. The summed E-state index contributed by atoms with van der Waals surface area (Å²) in [5.74, 6) is -0.405. The van der Waals surface area contributed by atoms with Crippen LogP contribution in [0, 0.1) is 0 Å². The number of halogens is 2. The van der Waals surface area contributed by atoms with Crippen molar-refractivity contribution in [3.63, 3.8) is 0 Å². The minimum atomic E-state index is -0.903. The second-order valence-electron chi connectivity index (χ2n) is 9.14. The highest BCUT2D eigenvalue weighted by atomic mass is 35.5. The van der Waals surface area contributed by atoms with Crippen LogP contribution in [0.1, 0.15) is 47.0 Å². The van der Waals surface area contributed by atoms with Gasteiger partial charge in [0.1, 0.15) is 16.8 Å². The van der Waals surface area contributed by atoms with Crippen LogP contribution in [-0.2, 0) is 7.05 Å². The molecule has 0 bridgehead atoms. The van der Waals surface area contributed by atoms with E-state index in [0.717, 1.165) is 25.8 Å². The van der Waals surface area contributed by atoms with Gasteiger partial charge in [0.2, 0.25) is 0 Å². The second kappa shape index (κ2) is 10.6. The van der Waals surface area contributed by atoms with Crippen LogP contribution in [-0.4, -0.2) is 81.0 Å². The van der Waals surface area contributed by atoms with Crippen LogP contribution < -0.4 is 21.9 Å². The molecule has 0 aromatic carbocycles. The lowest BCUT2D eigenvalue weighted by atomic mass is 9.97. The zero-order valence-corrected chi connectivity index (χ0v) is 21.8. The molecule has 13 heteroatoms. The number of likely N-dealkylation sites (tertiary alicyclic amines) is 1. The maximum atomic E-state index is 13.0. The average molecular weight is 537 g/mol. The van der Waals surface area contributed by atoms with Crippen molar-refractivity contribution >= 4 is 46.7 Å². The van der Waals surface area contributed by atoms with Gasteiger partial charge in [0.25, 0.3) is 17.4 Å². The number of piperazine rings is 1. The van der Waals surface area contributed by atoms with Crippen molar-refractivity contribution in [1.82, 2.24) is 24.3 Å². The van der Waals surface area contributed by atoms with Gasteiger partial charge in [-0.05, 0) is 31.4 Å². The summed E-state index contributed by atoms with van der Waals surface area (Å²) in [4.78, 5) is 51.4. The molecule has 0 radical (unpaired) electrons. The van der Waals surface area contributed by atoms with E-state index in [-0.39, 0.29) is 33.8 Å². The molecule has 4 N–H and O–H groups in total. The van der Waals surface area contributed by atoms with Gasteiger partial charge in [0.05, 0.1) is 5.56 Å². The molecular formula is C23H30Cl2N8O3. The smallest absolute Gasteiger partial charge is 0.283 e. The number of primary amides is 1. The third-order valence-corrected chi connectivity index (χ3v) is 7.56. The van der Waals surface area contributed by atoms with Gasteiger partial charge in [0, 0.05) is 51.9 Å². The molecule has 2 aliphatic rings. The molecule has 2 amide bonds. The van der Waals surface area contributed by atoms with Crippen LogP contribution in [0.25, 0.3) is 0 Å². The standard InChI is InChI=1S/C23H30Cl2N8O3/c1-3-13-12-32(21-18(25)29-17(20(27)34)23(36)30(21)2)10-11-33(13)14-6-8-31(9-7-14)22(35)15-4-5-16(24)28-19(15)26/h4-5,13-14H,3,6-12H2,1-2H3,(H2,26,28)(H2,27,34)/t13-/m0/s1. The highest BCUT2D eigenvalue weighted by molar-refractivity contribution is 6.32. The van der Waals surface area contributed by atoms with Crippen molar-refractivity contribution in [2.75, 3.05) is 43.4 Å². The number of rotatable bonds is 5. The summed E-state index contributed by atoms with van der Waals surface area (Å²) in [7, 11) is 1.57. The normalized spacial score (nSPS) is 19.5. The van der Waals surface area contributed by atoms with Crippen LogP contribution in [0.15, 0.2) is 16.9 Å². The molecule has 0 saturated carbocycles. The molecule has 0 aliphatic carbocycles. The predicted octanol–water partition coefficient (Wildman–Crippen LogP) is 1.37. The van der Waals surface area contributed by atoms with Crippen molar-refractivity contribution in [2.45, 2.75) is 38.3 Å². The number of nitrogen functional groups attached to an aromatic ring is 1. The van der Waals surface area contributed by atoms with E-state index in [1.54, 1.807) is 19.2 Å². The fourth-order valence-corrected chi connectivity index (χ4v) is 5.69. The lowest BCUT2D eigenvalue weighted by Gasteiger charge is -2.48. The zero-order valence-electron chi connectivity index (χ0n) is 20.3. The van der Waals surface area contributed by atoms with Crippen molar-refractivity contribution in [1.29, 1.82) is 0 Å². The summed E-state index contributed by atoms with van der Waals surface area (Å²) >= 11 is 12.2. The quantitative estimate of drug-likeness (QED) is 0.545. The largest absolute Gasteiger partial charge is 0.383 e. The highest BCUT2D eigenvalue weighted by Crippen LogP contribution is 2.29. The first-order valence-corrected chi connectivity index (χ1v) is 12.7. The maximum absolute atomic E-state index is 13.0. The Morgan fingerprint density at radius 2 is 1.81 bits per heavy atom. The van der Waals surface area contributed by atoms with Gasteiger partial charge in [0.15, 0.2) is 10.8 Å². The lowest BCUT2D eigenvalue weighted by molar-refractivity contribution is 0.0490. The minimum Gasteiger partial charge on any atom is -0.383 e. The molecule has 1 atom stereocenters. The molecule has 11 nitrogen and oxygen atoms in total. The van der Waals surface area contributed by atoms with Crippen LogP contribution in [0.3, 0.4) is 0 Å². The molecule has 2 aliphatic heterocycles. The molecule has 36 heavy (non-hydrogen) atoms. The lowest BCUT2D eigenvalue weighted by Crippen LogP contribution is -2.59. The number of carbonyl (C=O) groups is 2. The van der Waals surface area contributed by atoms with Crippen LogP contribution in [0.4, 0.5) is 11.6 Å². The van der Waals surface area contributed by atoms with E-state index < -0.39 is 11.5 Å². The number of amides is 2. The molecule has 4 rings (SSSR count). The average Bonchev–Trinajstić information content (AvgIpc) is 2.85. The summed E-state index contributed by atoms with van der Waals surface area (Å²) in [5, 5.41) is 0.338. The number of pyridine rings is 1. The van der Waals surface area contributed by atoms with Crippen molar-refractivity contribution in [3.8, 4) is 0 Å². The van der Waals surface area contributed by atoms with E-state index in [1.165, 1.54) is 4.57 Å². The summed E-state index contributed by atoms with van der Waals surface area (Å²) in [6.45, 7) is 5.46. The summed E-state index contributed by atoms with van der Waals surface area (Å²) < 4.78 is 1.35. The van der Waals surface area contributed by atoms with E-state index in [4.69, 9.17) is 34.7 Å². The molecule has 2 saturated heterocycles. The number of aromatic nitrogens is 3. The topological polar surface area (TPSA) is 144 Å². The van der Waals surface area contributed by atoms with Gasteiger partial charge in [-0.1, -0.05) is 30.1 Å². The third-order valence-electron chi connectivity index (χ3n) is 7.09. The van der Waals surface area contributed by atoms with Crippen molar-refractivity contribution in [2.24, 2.45) is 12.8 Å². The zero-order chi connectivity index (χ0) is 26.1. The monoisotopic (exact) mass is 536 g/mol. The molecule has 194 valence electrons. The van der Waals surface area contributed by atoms with Gasteiger partial charge in [-0.2, -0.15) is 0 Å². The van der Waals surface area contributed by atoms with E-state index in [1.807, 2.05) is 9.80 Å². The van der Waals surface area contributed by atoms with E-state index in [2.05, 4.69) is 21.8 Å². The number of hydrogen-bond acceptors (Lipinski definition) is 8. The van der Waals surface area contributed by atoms with E-state index in [9.17, 15) is 14.4 Å². The van der Waals surface area contributed by atoms with Crippen molar-refractivity contribution < 1.29 is 9.59 Å². The van der Waals surface area contributed by atoms with Crippen LogP contribution in [0.2, 0.25) is 10.3 Å². The van der Waals surface area contributed by atoms with Crippen LogP contribution in [0.5, 0.6) is 0 Å². The van der Waals surface area contributed by atoms with Gasteiger partial charge >= 0.3 is 0 Å². The maximum Gasteiger partial charge on any atom is 0.283 e. The highest BCUT2D eigenvalue weighted by Gasteiger charge is 2.35. The molecule has 0 unspecified atom stereocenters. The Morgan fingerprint density at radius 3 is 2.42 bits per heavy atom. The fraction of sp³-hybridized carbons (Fsp3) is 0.522. The number of nitrogens with zero attached hydrogens (tertiary/aromatic N) is 6. The first kappa shape index (κ1) is 26.2. The predicted molar refractivity (Wildman–Crippen MR) is 139 cm³/mol. The van der Waals surface area contributed by atoms with E-state index >= 15 is 0 Å². The first-order valence-electron chi connectivity index (χ1n) is 11.9. The Bertz CT molecular complexity index is 1230. The summed E-state index contributed by atoms with van der Waals surface area (Å²) in [6.07, 6.45) is 2.59. The summed E-state index contributed by atoms with van der Waals surface area (Å²) in [6, 6.07) is 3.75.